The van der Waals surface area contributed by atoms with Crippen LogP contribution in [0.4, 0.5) is 17.1 Å². The second kappa shape index (κ2) is 9.46. The number of rotatable bonds is 5. The summed E-state index contributed by atoms with van der Waals surface area (Å²) in [5.41, 5.74) is 0.711. The smallest absolute Gasteiger partial charge is 0.355 e. The molecule has 0 atom stereocenters. The highest BCUT2D eigenvalue weighted by Crippen LogP contribution is 2.36. The Morgan fingerprint density at radius 2 is 1.77 bits per heavy atom. The molecule has 2 aliphatic rings. The number of nitro benzene ring substituents is 1. The lowest BCUT2D eigenvalue weighted by Gasteiger charge is -2.32. The molecule has 2 heterocycles. The molecule has 164 valence electrons. The van der Waals surface area contributed by atoms with Crippen LogP contribution in [0.2, 0.25) is 0 Å². The van der Waals surface area contributed by atoms with Crippen molar-refractivity contribution in [3.8, 4) is 0 Å². The Balaban J connectivity index is 2.09. The monoisotopic (exact) mass is 427 g/mol. The summed E-state index contributed by atoms with van der Waals surface area (Å²) in [6, 6.07) is 4.77. The number of carbonyl (C=O) groups excluding carboxylic acids is 2. The first kappa shape index (κ1) is 22.1. The average Bonchev–Trinajstić information content (AvgIpc) is 3.01. The van der Waals surface area contributed by atoms with Gasteiger partial charge in [0.05, 0.1) is 30.4 Å². The van der Waals surface area contributed by atoms with E-state index in [0.29, 0.717) is 17.3 Å². The summed E-state index contributed by atoms with van der Waals surface area (Å²) >= 11 is 0. The van der Waals surface area contributed by atoms with Gasteiger partial charge in [-0.25, -0.2) is 9.59 Å². The van der Waals surface area contributed by atoms with Crippen LogP contribution in [0, 0.1) is 16.0 Å². The lowest BCUT2D eigenvalue weighted by molar-refractivity contribution is -0.384. The molecule has 31 heavy (non-hydrogen) atoms. The van der Waals surface area contributed by atoms with Gasteiger partial charge in [0.1, 0.15) is 11.4 Å². The zero-order valence-corrected chi connectivity index (χ0v) is 17.7. The number of piperidine rings is 1. The summed E-state index contributed by atoms with van der Waals surface area (Å²) in [6.07, 6.45) is 8.11. The first-order chi connectivity index (χ1) is 14.9. The molecule has 1 aromatic rings. The number of methoxy groups -OCH3 is 2. The van der Waals surface area contributed by atoms with Gasteiger partial charge in [-0.3, -0.25) is 10.1 Å². The maximum Gasteiger partial charge on any atom is 0.355 e. The SMILES string of the molecule is COC(=O)C1=C(C(=O)OC)N(c2ccc(N3CCC(C)CC3)c([N+](=O)[O-])c2)C=CC=C1. The molecule has 9 heteroatoms. The van der Waals surface area contributed by atoms with Crippen LogP contribution in [-0.4, -0.2) is 44.2 Å². The van der Waals surface area contributed by atoms with Crippen LogP contribution < -0.4 is 9.80 Å². The van der Waals surface area contributed by atoms with E-state index in [2.05, 4.69) is 6.92 Å². The van der Waals surface area contributed by atoms with E-state index < -0.39 is 16.9 Å². The van der Waals surface area contributed by atoms with E-state index in [-0.39, 0.29) is 17.0 Å². The Kier molecular flexibility index (Phi) is 6.74. The standard InChI is InChI=1S/C22H25N3O6/c1-15-9-12-23(13-10-15)18-8-7-16(14-19(18)25(28)29)24-11-5-4-6-17(21(26)30-2)20(24)22(27)31-3/h4-8,11,14-15H,9-10,12-13H2,1-3H3. The molecule has 0 spiro atoms. The molecule has 0 amide bonds. The van der Waals surface area contributed by atoms with E-state index in [1.807, 2.05) is 4.90 Å². The fourth-order valence-corrected chi connectivity index (χ4v) is 3.69. The number of benzene rings is 1. The summed E-state index contributed by atoms with van der Waals surface area (Å²) in [6.45, 7) is 3.66. The number of allylic oxidation sites excluding steroid dienone is 2. The van der Waals surface area contributed by atoms with Crippen LogP contribution in [0.5, 0.6) is 0 Å². The van der Waals surface area contributed by atoms with E-state index in [4.69, 9.17) is 9.47 Å². The maximum atomic E-state index is 12.6. The lowest BCUT2D eigenvalue weighted by atomic mass is 9.98. The minimum atomic E-state index is -0.770. The number of ether oxygens (including phenoxy) is 2. The fraction of sp³-hybridized carbons (Fsp3) is 0.364. The predicted molar refractivity (Wildman–Crippen MR) is 116 cm³/mol. The van der Waals surface area contributed by atoms with Gasteiger partial charge < -0.3 is 19.3 Å². The number of nitro groups is 1. The molecule has 0 aromatic heterocycles. The van der Waals surface area contributed by atoms with Gasteiger partial charge in [-0.15, -0.1) is 0 Å². The molecule has 1 aromatic carbocycles. The van der Waals surface area contributed by atoms with Gasteiger partial charge >= 0.3 is 11.9 Å². The third-order valence-corrected chi connectivity index (χ3v) is 5.45. The largest absolute Gasteiger partial charge is 0.465 e. The first-order valence-electron chi connectivity index (χ1n) is 9.95. The van der Waals surface area contributed by atoms with Crippen molar-refractivity contribution in [2.45, 2.75) is 19.8 Å². The molecule has 0 radical (unpaired) electrons. The van der Waals surface area contributed by atoms with Crippen LogP contribution in [0.1, 0.15) is 19.8 Å². The lowest BCUT2D eigenvalue weighted by Crippen LogP contribution is -2.33. The highest BCUT2D eigenvalue weighted by atomic mass is 16.6. The Hall–Kier alpha value is -3.62. The predicted octanol–water partition coefficient (Wildman–Crippen LogP) is 3.32. The van der Waals surface area contributed by atoms with E-state index in [0.717, 1.165) is 25.9 Å². The third kappa shape index (κ3) is 4.60. The van der Waals surface area contributed by atoms with Crippen molar-refractivity contribution in [3.63, 3.8) is 0 Å². The van der Waals surface area contributed by atoms with Crippen molar-refractivity contribution >= 4 is 29.0 Å². The van der Waals surface area contributed by atoms with Crippen LogP contribution >= 0.6 is 0 Å². The zero-order chi connectivity index (χ0) is 22.5. The van der Waals surface area contributed by atoms with E-state index in [1.165, 1.54) is 31.3 Å². The Labute approximate surface area is 180 Å². The van der Waals surface area contributed by atoms with Gasteiger partial charge in [-0.1, -0.05) is 13.0 Å². The molecule has 2 aliphatic heterocycles. The van der Waals surface area contributed by atoms with Gasteiger partial charge in [0.25, 0.3) is 5.69 Å². The van der Waals surface area contributed by atoms with Crippen molar-refractivity contribution in [1.82, 2.24) is 0 Å². The fourth-order valence-electron chi connectivity index (χ4n) is 3.69. The van der Waals surface area contributed by atoms with Crippen molar-refractivity contribution in [1.29, 1.82) is 0 Å². The Morgan fingerprint density at radius 3 is 2.39 bits per heavy atom. The number of anilines is 2. The van der Waals surface area contributed by atoms with Gasteiger partial charge in [-0.2, -0.15) is 0 Å². The molecular formula is C22H25N3O6. The first-order valence-corrected chi connectivity index (χ1v) is 9.95. The third-order valence-electron chi connectivity index (χ3n) is 5.45. The van der Waals surface area contributed by atoms with Crippen molar-refractivity contribution in [2.24, 2.45) is 5.92 Å². The van der Waals surface area contributed by atoms with Gasteiger partial charge in [-0.05, 0) is 43.0 Å². The second-order valence-corrected chi connectivity index (χ2v) is 7.42. The molecule has 3 rings (SSSR count). The van der Waals surface area contributed by atoms with Gasteiger partial charge in [0, 0.05) is 25.4 Å². The zero-order valence-electron chi connectivity index (χ0n) is 17.7. The van der Waals surface area contributed by atoms with Crippen LogP contribution in [0.15, 0.2) is 53.9 Å². The summed E-state index contributed by atoms with van der Waals surface area (Å²) in [4.78, 5) is 39.7. The quantitative estimate of drug-likeness (QED) is 0.401. The van der Waals surface area contributed by atoms with Crippen LogP contribution in [0.3, 0.4) is 0 Å². The molecule has 0 unspecified atom stereocenters. The number of hydrogen-bond acceptors (Lipinski definition) is 8. The van der Waals surface area contributed by atoms with Crippen LogP contribution in [0.25, 0.3) is 0 Å². The summed E-state index contributed by atoms with van der Waals surface area (Å²) in [5.74, 6) is -0.902. The highest BCUT2D eigenvalue weighted by molar-refractivity contribution is 6.05. The molecule has 0 aliphatic carbocycles. The van der Waals surface area contributed by atoms with Crippen molar-refractivity contribution < 1.29 is 24.0 Å². The van der Waals surface area contributed by atoms with Crippen molar-refractivity contribution in [2.75, 3.05) is 37.1 Å². The highest BCUT2D eigenvalue weighted by Gasteiger charge is 2.30. The summed E-state index contributed by atoms with van der Waals surface area (Å²) < 4.78 is 9.67. The number of nitrogens with zero attached hydrogens (tertiary/aromatic N) is 3. The normalized spacial score (nSPS) is 16.9. The Bertz CT molecular complexity index is 973. The topological polar surface area (TPSA) is 102 Å². The second-order valence-electron chi connectivity index (χ2n) is 7.42. The van der Waals surface area contributed by atoms with E-state index >= 15 is 0 Å². The molecule has 0 bridgehead atoms. The minimum Gasteiger partial charge on any atom is -0.465 e. The van der Waals surface area contributed by atoms with Crippen LogP contribution in [-0.2, 0) is 19.1 Å². The number of esters is 2. The molecule has 0 saturated carbocycles. The van der Waals surface area contributed by atoms with E-state index in [9.17, 15) is 19.7 Å². The molecule has 1 fully saturated rings. The average molecular weight is 427 g/mol. The van der Waals surface area contributed by atoms with E-state index in [1.54, 1.807) is 30.5 Å². The van der Waals surface area contributed by atoms with Crippen molar-refractivity contribution in [3.05, 3.63) is 64.0 Å². The summed E-state index contributed by atoms with van der Waals surface area (Å²) in [7, 11) is 2.41. The minimum absolute atomic E-state index is 0.0175. The molecule has 9 nitrogen and oxygen atoms in total. The molecule has 1 saturated heterocycles. The number of hydrogen-bond donors (Lipinski definition) is 0. The van der Waals surface area contributed by atoms with Gasteiger partial charge in [0.15, 0.2) is 0 Å². The maximum absolute atomic E-state index is 12.6. The number of carbonyl (C=O) groups is 2. The summed E-state index contributed by atoms with van der Waals surface area (Å²) in [5, 5.41) is 11.9. The van der Waals surface area contributed by atoms with Gasteiger partial charge in [0.2, 0.25) is 0 Å². The Morgan fingerprint density at radius 1 is 1.10 bits per heavy atom. The molecule has 0 N–H and O–H groups in total. The molecular weight excluding hydrogens is 402 g/mol.